The van der Waals surface area contributed by atoms with E-state index in [0.717, 1.165) is 56.5 Å². The second-order valence-corrected chi connectivity index (χ2v) is 11.9. The molecule has 2 unspecified atom stereocenters. The number of carbonyl (C=O) groups is 2. The summed E-state index contributed by atoms with van der Waals surface area (Å²) < 4.78 is 46.0. The molecular weight excluding hydrogens is 509 g/mol. The first-order valence-corrected chi connectivity index (χ1v) is 13.7. The van der Waals surface area contributed by atoms with Crippen LogP contribution < -0.4 is 4.74 Å². The zero-order chi connectivity index (χ0) is 27.7. The second-order valence-electron chi connectivity index (χ2n) is 11.9. The number of halogens is 3. The van der Waals surface area contributed by atoms with Gasteiger partial charge in [-0.05, 0) is 80.0 Å². The van der Waals surface area contributed by atoms with Crippen LogP contribution in [0.2, 0.25) is 0 Å². The van der Waals surface area contributed by atoms with E-state index in [2.05, 4.69) is 11.8 Å². The highest BCUT2D eigenvalue weighted by Gasteiger charge is 2.62. The summed E-state index contributed by atoms with van der Waals surface area (Å²) in [5, 5.41) is 9.38. The smallest absolute Gasteiger partial charge is 0.416 e. The molecule has 2 aromatic rings. The van der Waals surface area contributed by atoms with Gasteiger partial charge in [0, 0.05) is 24.1 Å². The molecule has 1 amide bonds. The number of alkyl halides is 3. The van der Waals surface area contributed by atoms with Gasteiger partial charge in [-0.15, -0.1) is 0 Å². The molecule has 0 radical (unpaired) electrons. The van der Waals surface area contributed by atoms with Gasteiger partial charge in [0.25, 0.3) is 0 Å². The zero-order valence-corrected chi connectivity index (χ0v) is 22.1. The second kappa shape index (κ2) is 9.25. The van der Waals surface area contributed by atoms with Gasteiger partial charge in [-0.1, -0.05) is 26.0 Å². The number of likely N-dealkylation sites (tertiary alicyclic amines) is 1. The average molecular weight is 543 g/mol. The third-order valence-corrected chi connectivity index (χ3v) is 9.81. The fraction of sp³-hybridized carbons (Fsp3) is 0.533. The highest BCUT2D eigenvalue weighted by atomic mass is 19.4. The van der Waals surface area contributed by atoms with E-state index in [0.29, 0.717) is 22.8 Å². The minimum atomic E-state index is -4.45. The van der Waals surface area contributed by atoms with E-state index in [-0.39, 0.29) is 30.3 Å². The number of hydrogen-bond donors (Lipinski definition) is 1. The number of rotatable bonds is 3. The lowest BCUT2D eigenvalue weighted by molar-refractivity contribution is -0.140. The van der Waals surface area contributed by atoms with E-state index < -0.39 is 29.4 Å². The Bertz CT molecular complexity index is 1310. The number of ether oxygens (including phenoxy) is 1. The number of carboxylic acid groups (broad SMARTS) is 1. The maximum absolute atomic E-state index is 13.8. The summed E-state index contributed by atoms with van der Waals surface area (Å²) in [6, 6.07) is 11.0. The first-order valence-electron chi connectivity index (χ1n) is 13.7. The topological polar surface area (TPSA) is 70.1 Å². The molecular formula is C30H33F3N2O4. The highest BCUT2D eigenvalue weighted by molar-refractivity contribution is 5.88. The van der Waals surface area contributed by atoms with Crippen molar-refractivity contribution in [2.24, 2.45) is 17.3 Å². The molecule has 6 atom stereocenters. The third kappa shape index (κ3) is 4.29. The summed E-state index contributed by atoms with van der Waals surface area (Å²) in [6.07, 6.45) is -1.63. The molecule has 39 heavy (non-hydrogen) atoms. The maximum atomic E-state index is 13.8. The van der Waals surface area contributed by atoms with Gasteiger partial charge in [-0.2, -0.15) is 13.2 Å². The molecule has 3 fully saturated rings. The van der Waals surface area contributed by atoms with Crippen molar-refractivity contribution in [2.45, 2.75) is 70.4 Å². The quantitative estimate of drug-likeness (QED) is 0.534. The number of amides is 1. The Morgan fingerprint density at radius 1 is 1.13 bits per heavy atom. The molecule has 9 heteroatoms. The number of aromatic carboxylic acids is 1. The maximum Gasteiger partial charge on any atom is 0.416 e. The standard InChI is InChI=1S/C30H33F3N2O4/c1-17-15-34(11-9-24(17)19-4-3-5-20(12-19)27(36)37)23-8-10-29(14-23)18(2)26-35(28(29)38)16-21-13-22(30(31,32)33)6-7-25(21)39-26/h3-7,12-13,17-18,23-24,26H,8-11,14-16H2,1-2H3,(H,36,37)/t17-,18?,23+,24+,26?,29-/m0/s1. The number of hydrogen-bond acceptors (Lipinski definition) is 4. The zero-order valence-electron chi connectivity index (χ0n) is 22.1. The van der Waals surface area contributed by atoms with Gasteiger partial charge in [0.2, 0.25) is 5.91 Å². The molecule has 0 aromatic heterocycles. The van der Waals surface area contributed by atoms with E-state index in [1.165, 1.54) is 6.07 Å². The van der Waals surface area contributed by atoms with Crippen LogP contribution in [0.1, 0.15) is 72.5 Å². The van der Waals surface area contributed by atoms with Crippen LogP contribution in [-0.4, -0.2) is 52.1 Å². The molecule has 3 heterocycles. The first-order chi connectivity index (χ1) is 18.5. The van der Waals surface area contributed by atoms with E-state index >= 15 is 0 Å². The Balaban J connectivity index is 1.15. The summed E-state index contributed by atoms with van der Waals surface area (Å²) in [4.78, 5) is 29.4. The fourth-order valence-corrected chi connectivity index (χ4v) is 7.65. The van der Waals surface area contributed by atoms with Crippen molar-refractivity contribution >= 4 is 11.9 Å². The Kier molecular flexibility index (Phi) is 6.21. The Labute approximate surface area is 225 Å². The van der Waals surface area contributed by atoms with E-state index in [1.54, 1.807) is 17.0 Å². The van der Waals surface area contributed by atoms with Crippen LogP contribution in [-0.2, 0) is 17.5 Å². The summed E-state index contributed by atoms with van der Waals surface area (Å²) >= 11 is 0. The van der Waals surface area contributed by atoms with Crippen LogP contribution in [0.15, 0.2) is 42.5 Å². The normalized spacial score (nSPS) is 32.7. The van der Waals surface area contributed by atoms with Crippen LogP contribution in [0.3, 0.4) is 0 Å². The van der Waals surface area contributed by atoms with Crippen LogP contribution in [0.4, 0.5) is 13.2 Å². The molecule has 1 N–H and O–H groups in total. The van der Waals surface area contributed by atoms with Gasteiger partial charge >= 0.3 is 12.1 Å². The lowest BCUT2D eigenvalue weighted by atomic mass is 9.76. The van der Waals surface area contributed by atoms with E-state index in [4.69, 9.17) is 4.74 Å². The van der Waals surface area contributed by atoms with Crippen molar-refractivity contribution in [1.82, 2.24) is 9.80 Å². The lowest BCUT2D eigenvalue weighted by Gasteiger charge is -2.41. The largest absolute Gasteiger partial charge is 0.478 e. The monoisotopic (exact) mass is 542 g/mol. The molecule has 1 spiro atoms. The molecule has 1 saturated carbocycles. The van der Waals surface area contributed by atoms with Gasteiger partial charge in [-0.3, -0.25) is 4.79 Å². The van der Waals surface area contributed by atoms with E-state index in [9.17, 15) is 27.9 Å². The molecule has 208 valence electrons. The predicted octanol–water partition coefficient (Wildman–Crippen LogP) is 5.76. The molecule has 3 aliphatic heterocycles. The van der Waals surface area contributed by atoms with Crippen LogP contribution in [0, 0.1) is 17.3 Å². The van der Waals surface area contributed by atoms with Gasteiger partial charge in [0.15, 0.2) is 6.23 Å². The van der Waals surface area contributed by atoms with Crippen molar-refractivity contribution in [2.75, 3.05) is 13.1 Å². The summed E-state index contributed by atoms with van der Waals surface area (Å²) in [5.41, 5.74) is 0.470. The van der Waals surface area contributed by atoms with Crippen LogP contribution >= 0.6 is 0 Å². The van der Waals surface area contributed by atoms with Gasteiger partial charge in [0.1, 0.15) is 5.75 Å². The number of carboxylic acids is 1. The number of fused-ring (bicyclic) bond motifs is 2. The van der Waals surface area contributed by atoms with Gasteiger partial charge in [0.05, 0.1) is 23.1 Å². The van der Waals surface area contributed by atoms with Crippen LogP contribution in [0.5, 0.6) is 5.75 Å². The van der Waals surface area contributed by atoms with Crippen molar-refractivity contribution in [3.05, 3.63) is 64.7 Å². The first kappa shape index (κ1) is 26.2. The third-order valence-electron chi connectivity index (χ3n) is 9.81. The van der Waals surface area contributed by atoms with Gasteiger partial charge in [-0.25, -0.2) is 4.79 Å². The van der Waals surface area contributed by atoms with Crippen LogP contribution in [0.25, 0.3) is 0 Å². The van der Waals surface area contributed by atoms with Crippen molar-refractivity contribution in [1.29, 1.82) is 0 Å². The highest BCUT2D eigenvalue weighted by Crippen LogP contribution is 2.56. The Morgan fingerprint density at radius 2 is 1.92 bits per heavy atom. The summed E-state index contributed by atoms with van der Waals surface area (Å²) in [6.45, 7) is 6.14. The summed E-state index contributed by atoms with van der Waals surface area (Å²) in [5.74, 6) is 0.0580. The van der Waals surface area contributed by atoms with Crippen molar-refractivity contribution in [3.8, 4) is 5.75 Å². The minimum Gasteiger partial charge on any atom is -0.478 e. The fourth-order valence-electron chi connectivity index (χ4n) is 7.65. The Morgan fingerprint density at radius 3 is 2.64 bits per heavy atom. The molecule has 4 aliphatic rings. The Hall–Kier alpha value is -3.07. The molecule has 6 rings (SSSR count). The molecule has 6 nitrogen and oxygen atoms in total. The molecule has 1 aliphatic carbocycles. The number of carbonyl (C=O) groups excluding carboxylic acids is 1. The summed E-state index contributed by atoms with van der Waals surface area (Å²) in [7, 11) is 0. The predicted molar refractivity (Wildman–Crippen MR) is 137 cm³/mol. The minimum absolute atomic E-state index is 0.000943. The average Bonchev–Trinajstić information content (AvgIpc) is 3.44. The molecule has 0 bridgehead atoms. The lowest BCUT2D eigenvalue weighted by Crippen LogP contribution is -2.45. The van der Waals surface area contributed by atoms with Gasteiger partial charge < -0.3 is 19.6 Å². The number of piperidine rings is 1. The van der Waals surface area contributed by atoms with Crippen molar-refractivity contribution < 1.29 is 32.6 Å². The van der Waals surface area contributed by atoms with E-state index in [1.807, 2.05) is 19.1 Å². The number of nitrogens with zero attached hydrogens (tertiary/aromatic N) is 2. The molecule has 2 saturated heterocycles. The number of benzene rings is 2. The SMILES string of the molecule is CC1C2Oc3ccc(C(F)(F)F)cc3CN2C(=O)[C@]12CC[C@@H](N1CC[C@@H](c3cccc(C(=O)O)c3)[C@@H](C)C1)C2. The van der Waals surface area contributed by atoms with Crippen molar-refractivity contribution in [3.63, 3.8) is 0 Å². The molecule has 2 aromatic carbocycles.